The Hall–Kier alpha value is -6.52. The molecule has 86 heavy (non-hydrogen) atoms. The molecule has 4 heterocycles. The molecule has 0 spiro atoms. The van der Waals surface area contributed by atoms with Crippen LogP contribution in [0, 0.1) is 77.8 Å². The fraction of sp³-hybridized carbons (Fsp3) is 0.463. The molecule has 4 fully saturated rings. The minimum atomic E-state index is -2.11. The van der Waals surface area contributed by atoms with Crippen LogP contribution in [0.15, 0.2) is 122 Å². The maximum atomic E-state index is 9.30. The molecule has 4 aromatic heterocycles. The number of aromatic nitrogens is 4. The molecule has 0 N–H and O–H groups in total. The first kappa shape index (κ1) is 45.7. The molecule has 10 aliphatic carbocycles. The fourth-order valence-electron chi connectivity index (χ4n) is 17.6. The summed E-state index contributed by atoms with van der Waals surface area (Å²) in [7, 11) is 8.30. The topological polar surface area (TPSA) is 15.5 Å². The zero-order valence-electron chi connectivity index (χ0n) is 66.1. The predicted molar refractivity (Wildman–Crippen MR) is 355 cm³/mol. The van der Waals surface area contributed by atoms with Crippen LogP contribution in [0.1, 0.15) is 222 Å². The number of nitrogens with zero attached hydrogens (tertiary/aromatic N) is 4. The van der Waals surface area contributed by atoms with Gasteiger partial charge in [0.2, 0.25) is 22.8 Å². The molecule has 4 aromatic carbocycles. The molecule has 4 saturated carbocycles. The summed E-state index contributed by atoms with van der Waals surface area (Å²) in [6.45, 7) is 18.1. The summed E-state index contributed by atoms with van der Waals surface area (Å²) in [5.41, 5.74) is 26.9. The number of pyridine rings is 4. The Labute approximate surface area is 534 Å². The smallest absolute Gasteiger partial charge is 0.201 e. The van der Waals surface area contributed by atoms with Gasteiger partial charge in [-0.3, -0.25) is 0 Å². The van der Waals surface area contributed by atoms with Gasteiger partial charge in [0, 0.05) is 96.1 Å². The van der Waals surface area contributed by atoms with E-state index < -0.39 is 32.3 Å². The Morgan fingerprint density at radius 1 is 0.442 bits per heavy atom. The highest BCUT2D eigenvalue weighted by Gasteiger charge is 2.62. The molecule has 444 valence electrons. The summed E-state index contributed by atoms with van der Waals surface area (Å²) in [5, 5.41) is 0. The summed E-state index contributed by atoms with van der Waals surface area (Å²) in [4.78, 5) is 0. The SMILES string of the molecule is Cc1ccc(-c2cc3c(c[n+]2C)CC2CC3C2)c(C)c1.[2H]C([2H])([2H])c1ccc(-c2cc3c(c[n+]2C)C2(C)CCC3([2H])C2(C)C)c(C)c1.[2H]C([2H])([2H])c1ccc(-c2cc3c(c[n+]2C)C2(C)CCC3C2(C)C)c(C)c1.[2H]C1c2c[n+](C)c(-c3ccc(C([2H])([2H])[2H])cc3C)cc2C2([2H])CC1C2. The molecular weight excluding hydrogens is 1040 g/mol. The number of fused-ring (bicyclic) bond motifs is 10. The maximum Gasteiger partial charge on any atom is 0.212 e. The largest absolute Gasteiger partial charge is 0.212 e. The molecule has 4 nitrogen and oxygen atoms in total. The molecule has 5 unspecified atom stereocenters. The Morgan fingerprint density at radius 2 is 0.860 bits per heavy atom. The van der Waals surface area contributed by atoms with Gasteiger partial charge in [-0.05, 0) is 234 Å². The van der Waals surface area contributed by atoms with E-state index in [4.69, 9.17) is 15.1 Å². The minimum Gasteiger partial charge on any atom is -0.201 e. The zero-order chi connectivity index (χ0) is 71.1. The van der Waals surface area contributed by atoms with Crippen LogP contribution in [-0.2, 0) is 51.8 Å². The average molecular weight is 1150 g/mol. The van der Waals surface area contributed by atoms with Gasteiger partial charge in [-0.25, -0.2) is 18.3 Å². The van der Waals surface area contributed by atoms with Crippen molar-refractivity contribution in [2.45, 2.75) is 195 Å². The lowest BCUT2D eigenvalue weighted by Crippen LogP contribution is -2.37. The predicted octanol–water partition coefficient (Wildman–Crippen LogP) is 17.6. The van der Waals surface area contributed by atoms with Crippen LogP contribution in [0.25, 0.3) is 45.0 Å². The fourth-order valence-corrected chi connectivity index (χ4v) is 17.6. The summed E-state index contributed by atoms with van der Waals surface area (Å²) >= 11 is 0. The van der Waals surface area contributed by atoms with Gasteiger partial charge in [-0.1, -0.05) is 112 Å². The van der Waals surface area contributed by atoms with Gasteiger partial charge in [0.25, 0.3) is 0 Å². The molecule has 0 aliphatic heterocycles. The van der Waals surface area contributed by atoms with E-state index in [1.54, 1.807) is 41.5 Å². The van der Waals surface area contributed by atoms with Crippen molar-refractivity contribution in [2.24, 2.45) is 50.9 Å². The molecule has 8 bridgehead atoms. The van der Waals surface area contributed by atoms with Crippen LogP contribution in [0.4, 0.5) is 0 Å². The van der Waals surface area contributed by atoms with E-state index in [1.807, 2.05) is 69.9 Å². The highest BCUT2D eigenvalue weighted by atomic mass is 14.9. The van der Waals surface area contributed by atoms with Crippen LogP contribution in [-0.4, -0.2) is 0 Å². The highest BCUT2D eigenvalue weighted by Crippen LogP contribution is 2.69. The van der Waals surface area contributed by atoms with Gasteiger partial charge in [-0.15, -0.1) is 0 Å². The first-order valence-corrected chi connectivity index (χ1v) is 32.0. The average Bonchev–Trinajstić information content (AvgIpc) is 1.48. The first-order valence-electron chi connectivity index (χ1n) is 38.1. The molecule has 10 aliphatic rings. The second-order valence-electron chi connectivity index (χ2n) is 29.3. The molecule has 0 radical (unpaired) electrons. The second kappa shape index (κ2) is 21.1. The third-order valence-electron chi connectivity index (χ3n) is 23.6. The zero-order valence-corrected chi connectivity index (χ0v) is 54.1. The minimum absolute atomic E-state index is 0.0283. The van der Waals surface area contributed by atoms with Gasteiger partial charge in [0.05, 0.1) is 0 Å². The van der Waals surface area contributed by atoms with Crippen molar-refractivity contribution in [1.82, 2.24) is 0 Å². The Balaban J connectivity index is 0.000000118. The van der Waals surface area contributed by atoms with E-state index in [1.165, 1.54) is 76.9 Å². The Bertz CT molecular complexity index is 4580. The number of hydrogen-bond donors (Lipinski definition) is 0. The number of rotatable bonds is 4. The second-order valence-corrected chi connectivity index (χ2v) is 29.3. The van der Waals surface area contributed by atoms with Crippen molar-refractivity contribution in [3.63, 3.8) is 0 Å². The lowest BCUT2D eigenvalue weighted by molar-refractivity contribution is -0.661. The van der Waals surface area contributed by atoms with Crippen molar-refractivity contribution in [3.8, 4) is 45.0 Å². The standard InChI is InChI=1S/2C22H28N.2C19H22N/c2*1-14-7-8-16(15(2)11-14)20-12-17-18-9-10-22(5,21(18,3)4)19(17)13-23(20)6;2*1-12-4-5-17(13(2)6-12)19-10-18-15-7-14(8-15)9-16(18)11-20(19)3/h2*7-8,11-13,18H,9-10H2,1-6H3;2*4-6,10-11,14-15H,7-9H2,1-3H3/q4*+1/i1D3,18D;1D3;1D3,9D,15D;. The van der Waals surface area contributed by atoms with E-state index in [0.29, 0.717) is 33.9 Å². The molecule has 0 saturated heterocycles. The van der Waals surface area contributed by atoms with Gasteiger partial charge in [0.15, 0.2) is 24.8 Å². The van der Waals surface area contributed by atoms with Crippen LogP contribution in [0.5, 0.6) is 0 Å². The normalized spacial score (nSPS) is 30.4. The van der Waals surface area contributed by atoms with Gasteiger partial charge < -0.3 is 0 Å². The van der Waals surface area contributed by atoms with Crippen molar-refractivity contribution in [1.29, 1.82) is 0 Å². The molecule has 5 atom stereocenters. The van der Waals surface area contributed by atoms with Crippen LogP contribution in [0.2, 0.25) is 0 Å². The summed E-state index contributed by atoms with van der Waals surface area (Å²) < 4.78 is 104. The van der Waals surface area contributed by atoms with Crippen molar-refractivity contribution < 1.29 is 34.7 Å². The van der Waals surface area contributed by atoms with E-state index in [2.05, 4.69) is 144 Å². The van der Waals surface area contributed by atoms with Gasteiger partial charge in [-0.2, -0.15) is 0 Å². The van der Waals surface area contributed by atoms with E-state index in [0.717, 1.165) is 99.0 Å². The van der Waals surface area contributed by atoms with E-state index >= 15 is 0 Å². The van der Waals surface area contributed by atoms with E-state index in [-0.39, 0.29) is 22.6 Å². The Kier molecular flexibility index (Phi) is 11.2. The van der Waals surface area contributed by atoms with Gasteiger partial charge in [0.1, 0.15) is 28.2 Å². The highest BCUT2D eigenvalue weighted by molar-refractivity contribution is 5.67. The van der Waals surface area contributed by atoms with Crippen molar-refractivity contribution in [2.75, 3.05) is 0 Å². The lowest BCUT2D eigenvalue weighted by Gasteiger charge is -2.41. The Morgan fingerprint density at radius 3 is 1.37 bits per heavy atom. The van der Waals surface area contributed by atoms with E-state index in [9.17, 15) is 1.37 Å². The summed E-state index contributed by atoms with van der Waals surface area (Å²) in [6.07, 6.45) is 18.8. The maximum absolute atomic E-state index is 9.30. The quantitative estimate of drug-likeness (QED) is 0.156. The first-order chi connectivity index (χ1) is 45.5. The molecular formula is C82H100N4+4. The number of aryl methyl sites for hydroxylation is 12. The summed E-state index contributed by atoms with van der Waals surface area (Å²) in [5.74, 6) is 1.63. The lowest BCUT2D eigenvalue weighted by atomic mass is 9.63. The van der Waals surface area contributed by atoms with Crippen LogP contribution < -0.4 is 18.3 Å². The third kappa shape index (κ3) is 9.41. The number of hydrogen-bond acceptors (Lipinski definition) is 0. The molecule has 18 rings (SSSR count). The molecule has 8 aromatic rings. The van der Waals surface area contributed by atoms with Crippen LogP contribution >= 0.6 is 0 Å². The summed E-state index contributed by atoms with van der Waals surface area (Å²) in [6, 6.07) is 32.0. The molecule has 4 heteroatoms. The van der Waals surface area contributed by atoms with Crippen molar-refractivity contribution >= 4 is 0 Å². The number of benzene rings is 4. The van der Waals surface area contributed by atoms with Crippen molar-refractivity contribution in [3.05, 3.63) is 211 Å². The third-order valence-corrected chi connectivity index (χ3v) is 23.6. The van der Waals surface area contributed by atoms with Crippen LogP contribution in [0.3, 0.4) is 0 Å². The van der Waals surface area contributed by atoms with Gasteiger partial charge >= 0.3 is 0 Å². The monoisotopic (exact) mass is 1150 g/mol. The molecule has 0 amide bonds.